The topological polar surface area (TPSA) is 81.8 Å². The van der Waals surface area contributed by atoms with Gasteiger partial charge in [0.15, 0.2) is 5.69 Å². The average molecular weight is 333 g/mol. The van der Waals surface area contributed by atoms with Crippen LogP contribution in [0.15, 0.2) is 0 Å². The first-order valence-corrected chi connectivity index (χ1v) is 8.45. The number of aromatic amines is 1. The lowest BCUT2D eigenvalue weighted by molar-refractivity contribution is -0.00548. The van der Waals surface area contributed by atoms with Gasteiger partial charge in [0.1, 0.15) is 5.60 Å². The van der Waals surface area contributed by atoms with Crippen molar-refractivity contribution in [1.29, 1.82) is 0 Å². The fourth-order valence-corrected chi connectivity index (χ4v) is 4.03. The van der Waals surface area contributed by atoms with Crippen LogP contribution in [-0.2, 0) is 17.7 Å². The predicted octanol–water partition coefficient (Wildman–Crippen LogP) is 0.454. The molecule has 0 aliphatic carbocycles. The molecule has 2 saturated heterocycles. The van der Waals surface area contributed by atoms with Gasteiger partial charge in [-0.3, -0.25) is 9.89 Å². The molecule has 4 heterocycles. The summed E-state index contributed by atoms with van der Waals surface area (Å²) < 4.78 is 5.59. The number of carbonyl (C=O) groups is 2. The molecule has 3 aliphatic heterocycles. The van der Waals surface area contributed by atoms with E-state index in [0.29, 0.717) is 25.3 Å². The summed E-state index contributed by atoms with van der Waals surface area (Å²) in [6, 6.07) is 0. The Labute approximate surface area is 140 Å². The van der Waals surface area contributed by atoms with Gasteiger partial charge in [-0.1, -0.05) is 0 Å². The normalized spacial score (nSPS) is 27.5. The number of amides is 2. The van der Waals surface area contributed by atoms with E-state index in [0.717, 1.165) is 43.6 Å². The van der Waals surface area contributed by atoms with E-state index in [-0.39, 0.29) is 12.0 Å². The van der Waals surface area contributed by atoms with E-state index in [1.54, 1.807) is 16.8 Å². The fraction of sp³-hybridized carbons (Fsp3) is 0.688. The highest BCUT2D eigenvalue weighted by Crippen LogP contribution is 2.32. The minimum Gasteiger partial charge on any atom is -0.439 e. The van der Waals surface area contributed by atoms with Gasteiger partial charge in [0.25, 0.3) is 5.91 Å². The molecule has 4 rings (SSSR count). The lowest BCUT2D eigenvalue weighted by atomic mass is 9.92. The summed E-state index contributed by atoms with van der Waals surface area (Å²) in [5.41, 5.74) is 2.03. The number of hydrogen-bond donors (Lipinski definition) is 1. The van der Waals surface area contributed by atoms with E-state index in [1.807, 2.05) is 7.05 Å². The quantitative estimate of drug-likeness (QED) is 0.807. The Bertz CT molecular complexity index is 687. The monoisotopic (exact) mass is 333 g/mol. The molecule has 3 aliphatic rings. The molecule has 8 nitrogen and oxygen atoms in total. The summed E-state index contributed by atoms with van der Waals surface area (Å²) in [7, 11) is 3.78. The molecular formula is C16H23N5O3. The molecule has 0 bridgehead atoms. The third-order valence-electron chi connectivity index (χ3n) is 5.29. The highest BCUT2D eigenvalue weighted by Gasteiger charge is 2.47. The molecule has 1 aromatic heterocycles. The SMILES string of the molecule is CN1CCc2[nH]nc(C(=O)N3CCCC4(CN(C)C(=O)O4)C3)c2C1. The van der Waals surface area contributed by atoms with Crippen molar-refractivity contribution < 1.29 is 14.3 Å². The van der Waals surface area contributed by atoms with Gasteiger partial charge in [0.05, 0.1) is 13.1 Å². The Morgan fingerprint density at radius 1 is 1.29 bits per heavy atom. The number of rotatable bonds is 1. The van der Waals surface area contributed by atoms with Gasteiger partial charge >= 0.3 is 6.09 Å². The van der Waals surface area contributed by atoms with Crippen LogP contribution in [0.5, 0.6) is 0 Å². The molecule has 0 saturated carbocycles. The summed E-state index contributed by atoms with van der Waals surface area (Å²) >= 11 is 0. The average Bonchev–Trinajstić information content (AvgIpc) is 3.07. The number of carbonyl (C=O) groups excluding carboxylic acids is 2. The molecule has 1 unspecified atom stereocenters. The number of ether oxygens (including phenoxy) is 1. The number of nitrogens with zero attached hydrogens (tertiary/aromatic N) is 4. The maximum absolute atomic E-state index is 13.0. The Hall–Kier alpha value is -2.09. The Kier molecular flexibility index (Phi) is 3.52. The van der Waals surface area contributed by atoms with Crippen LogP contribution >= 0.6 is 0 Å². The van der Waals surface area contributed by atoms with E-state index in [1.165, 1.54) is 0 Å². The molecule has 2 amide bonds. The third-order valence-corrected chi connectivity index (χ3v) is 5.29. The first kappa shape index (κ1) is 15.4. The zero-order valence-corrected chi connectivity index (χ0v) is 14.2. The highest BCUT2D eigenvalue weighted by molar-refractivity contribution is 5.94. The van der Waals surface area contributed by atoms with Crippen molar-refractivity contribution in [3.63, 3.8) is 0 Å². The molecular weight excluding hydrogens is 310 g/mol. The first-order valence-electron chi connectivity index (χ1n) is 8.45. The lowest BCUT2D eigenvalue weighted by Crippen LogP contribution is -2.52. The molecule has 1 aromatic rings. The molecule has 0 aromatic carbocycles. The molecule has 2 fully saturated rings. The summed E-state index contributed by atoms with van der Waals surface area (Å²) in [4.78, 5) is 30.3. The van der Waals surface area contributed by atoms with Crippen LogP contribution in [0.1, 0.15) is 34.6 Å². The van der Waals surface area contributed by atoms with Gasteiger partial charge in [-0.15, -0.1) is 0 Å². The van der Waals surface area contributed by atoms with Gasteiger partial charge in [-0.05, 0) is 19.9 Å². The minimum absolute atomic E-state index is 0.0625. The lowest BCUT2D eigenvalue weighted by Gasteiger charge is -2.38. The summed E-state index contributed by atoms with van der Waals surface area (Å²) in [6.07, 6.45) is 2.22. The minimum atomic E-state index is -0.563. The van der Waals surface area contributed by atoms with Crippen molar-refractivity contribution in [2.75, 3.05) is 40.3 Å². The zero-order valence-electron chi connectivity index (χ0n) is 14.2. The van der Waals surface area contributed by atoms with Crippen LogP contribution in [0.4, 0.5) is 4.79 Å². The van der Waals surface area contributed by atoms with Crippen molar-refractivity contribution in [2.45, 2.75) is 31.4 Å². The second-order valence-corrected chi connectivity index (χ2v) is 7.25. The summed E-state index contributed by atoms with van der Waals surface area (Å²) in [5.74, 6) is -0.0625. The standard InChI is InChI=1S/C16H23N5O3/c1-19-7-4-12-11(8-19)13(18-17-12)14(22)21-6-3-5-16(10-21)9-20(2)15(23)24-16/h3-10H2,1-2H3,(H,17,18). The van der Waals surface area contributed by atoms with Crippen LogP contribution in [0.25, 0.3) is 0 Å². The van der Waals surface area contributed by atoms with E-state index in [4.69, 9.17) is 4.74 Å². The van der Waals surface area contributed by atoms with Gasteiger partial charge < -0.3 is 19.4 Å². The first-order chi connectivity index (χ1) is 11.5. The Balaban J connectivity index is 1.55. The molecule has 1 atom stereocenters. The molecule has 24 heavy (non-hydrogen) atoms. The number of piperidine rings is 1. The Morgan fingerprint density at radius 3 is 2.88 bits per heavy atom. The second-order valence-electron chi connectivity index (χ2n) is 7.25. The van der Waals surface area contributed by atoms with Crippen LogP contribution in [0, 0.1) is 0 Å². The molecule has 1 N–H and O–H groups in total. The van der Waals surface area contributed by atoms with E-state index >= 15 is 0 Å². The van der Waals surface area contributed by atoms with Crippen LogP contribution < -0.4 is 0 Å². The Morgan fingerprint density at radius 2 is 2.12 bits per heavy atom. The molecule has 8 heteroatoms. The van der Waals surface area contributed by atoms with E-state index in [2.05, 4.69) is 15.1 Å². The van der Waals surface area contributed by atoms with Gasteiger partial charge in [-0.2, -0.15) is 5.10 Å². The number of fused-ring (bicyclic) bond motifs is 1. The summed E-state index contributed by atoms with van der Waals surface area (Å²) in [6.45, 7) is 3.37. The molecule has 0 radical (unpaired) electrons. The van der Waals surface area contributed by atoms with Crippen molar-refractivity contribution in [1.82, 2.24) is 24.9 Å². The van der Waals surface area contributed by atoms with Crippen molar-refractivity contribution in [2.24, 2.45) is 0 Å². The van der Waals surface area contributed by atoms with Crippen LogP contribution in [-0.4, -0.2) is 82.8 Å². The van der Waals surface area contributed by atoms with E-state index in [9.17, 15) is 9.59 Å². The van der Waals surface area contributed by atoms with Crippen molar-refractivity contribution >= 4 is 12.0 Å². The number of nitrogens with one attached hydrogen (secondary N) is 1. The number of hydrogen-bond acceptors (Lipinski definition) is 5. The maximum atomic E-state index is 13.0. The zero-order chi connectivity index (χ0) is 16.9. The van der Waals surface area contributed by atoms with Crippen molar-refractivity contribution in [3.05, 3.63) is 17.0 Å². The van der Waals surface area contributed by atoms with Crippen LogP contribution in [0.3, 0.4) is 0 Å². The fourth-order valence-electron chi connectivity index (χ4n) is 4.03. The number of likely N-dealkylation sites (tertiary alicyclic amines) is 1. The predicted molar refractivity (Wildman–Crippen MR) is 85.6 cm³/mol. The highest BCUT2D eigenvalue weighted by atomic mass is 16.6. The van der Waals surface area contributed by atoms with Crippen LogP contribution in [0.2, 0.25) is 0 Å². The van der Waals surface area contributed by atoms with Gasteiger partial charge in [-0.25, -0.2) is 4.79 Å². The second kappa shape index (κ2) is 5.47. The summed E-state index contributed by atoms with van der Waals surface area (Å²) in [5, 5.41) is 7.32. The third kappa shape index (κ3) is 2.45. The number of aromatic nitrogens is 2. The van der Waals surface area contributed by atoms with Gasteiger partial charge in [0.2, 0.25) is 0 Å². The molecule has 130 valence electrons. The van der Waals surface area contributed by atoms with Gasteiger partial charge in [0, 0.05) is 44.4 Å². The smallest absolute Gasteiger partial charge is 0.410 e. The maximum Gasteiger partial charge on any atom is 0.410 e. The number of likely N-dealkylation sites (N-methyl/N-ethyl adjacent to an activating group) is 2. The van der Waals surface area contributed by atoms with Crippen molar-refractivity contribution in [3.8, 4) is 0 Å². The molecule has 1 spiro atoms. The number of H-pyrrole nitrogens is 1. The largest absolute Gasteiger partial charge is 0.439 e. The van der Waals surface area contributed by atoms with E-state index < -0.39 is 5.60 Å².